The van der Waals surface area contributed by atoms with Gasteiger partial charge < -0.3 is 5.32 Å². The van der Waals surface area contributed by atoms with Crippen molar-refractivity contribution in [1.29, 1.82) is 0 Å². The molecule has 5 aromatic rings. The van der Waals surface area contributed by atoms with Gasteiger partial charge in [-0.25, -0.2) is 23.5 Å². The van der Waals surface area contributed by atoms with Gasteiger partial charge in [0.05, 0.1) is 27.8 Å². The highest BCUT2D eigenvalue weighted by Crippen LogP contribution is 2.31. The maximum Gasteiger partial charge on any atom is 0.238 e. The Hall–Kier alpha value is -3.82. The lowest BCUT2D eigenvalue weighted by Crippen LogP contribution is -2.11. The van der Waals surface area contributed by atoms with Crippen LogP contribution in [0.5, 0.6) is 0 Å². The zero-order valence-corrected chi connectivity index (χ0v) is 16.4. The molecule has 0 aliphatic heterocycles. The molecule has 148 valence electrons. The number of nitrogens with zero attached hydrogens (tertiary/aromatic N) is 3. The van der Waals surface area contributed by atoms with Crippen LogP contribution in [-0.2, 0) is 10.0 Å². The summed E-state index contributed by atoms with van der Waals surface area (Å²) >= 11 is 0. The van der Waals surface area contributed by atoms with Crippen molar-refractivity contribution in [2.75, 3.05) is 5.32 Å². The van der Waals surface area contributed by atoms with Crippen molar-refractivity contribution in [1.82, 2.24) is 20.2 Å². The standard InChI is InChI=1S/C21H16N6O2S/c22-30(28,29)15-7-4-13(5-8-15)14-6-9-18-16(10-14)21(24-12-23-18)26-19-2-1-3-20-17(19)11-25-27-20/h1-12H,(H,25,27)(H2,22,28,29)(H,23,24,26). The summed E-state index contributed by atoms with van der Waals surface area (Å²) in [5.74, 6) is 0.664. The quantitative estimate of drug-likeness (QED) is 0.411. The fourth-order valence-electron chi connectivity index (χ4n) is 3.38. The fraction of sp³-hybridized carbons (Fsp3) is 0. The number of nitrogens with one attached hydrogen (secondary N) is 2. The number of hydrogen-bond acceptors (Lipinski definition) is 6. The van der Waals surface area contributed by atoms with E-state index in [9.17, 15) is 8.42 Å². The largest absolute Gasteiger partial charge is 0.339 e. The first-order valence-corrected chi connectivity index (χ1v) is 10.6. The molecular weight excluding hydrogens is 400 g/mol. The molecule has 0 spiro atoms. The highest BCUT2D eigenvalue weighted by atomic mass is 32.2. The van der Waals surface area contributed by atoms with Gasteiger partial charge in [0.15, 0.2) is 0 Å². The molecule has 0 saturated carbocycles. The second-order valence-corrected chi connectivity index (χ2v) is 8.35. The summed E-state index contributed by atoms with van der Waals surface area (Å²) in [6.45, 7) is 0. The number of benzene rings is 3. The molecular formula is C21H16N6O2S. The van der Waals surface area contributed by atoms with Gasteiger partial charge in [-0.15, -0.1) is 0 Å². The highest BCUT2D eigenvalue weighted by Gasteiger charge is 2.11. The van der Waals surface area contributed by atoms with Gasteiger partial charge >= 0.3 is 0 Å². The van der Waals surface area contributed by atoms with Crippen molar-refractivity contribution in [3.8, 4) is 11.1 Å². The number of sulfonamides is 1. The van der Waals surface area contributed by atoms with Gasteiger partial charge in [0.25, 0.3) is 0 Å². The average Bonchev–Trinajstić information content (AvgIpc) is 3.23. The van der Waals surface area contributed by atoms with Gasteiger partial charge in [-0.05, 0) is 47.5 Å². The first-order chi connectivity index (χ1) is 14.5. The molecule has 8 nitrogen and oxygen atoms in total. The third kappa shape index (κ3) is 3.25. The predicted molar refractivity (Wildman–Crippen MR) is 116 cm³/mol. The van der Waals surface area contributed by atoms with E-state index in [4.69, 9.17) is 5.14 Å². The summed E-state index contributed by atoms with van der Waals surface area (Å²) in [4.78, 5) is 8.85. The maximum atomic E-state index is 11.5. The van der Waals surface area contributed by atoms with Crippen molar-refractivity contribution in [3.63, 3.8) is 0 Å². The minimum atomic E-state index is -3.73. The Bertz CT molecular complexity index is 1490. The molecule has 0 saturated heterocycles. The van der Waals surface area contributed by atoms with Crippen LogP contribution in [0.25, 0.3) is 32.9 Å². The van der Waals surface area contributed by atoms with Crippen LogP contribution in [0.4, 0.5) is 11.5 Å². The van der Waals surface area contributed by atoms with E-state index < -0.39 is 10.0 Å². The second-order valence-electron chi connectivity index (χ2n) is 6.79. The number of hydrogen-bond donors (Lipinski definition) is 3. The van der Waals surface area contributed by atoms with Crippen LogP contribution < -0.4 is 10.5 Å². The average molecular weight is 416 g/mol. The van der Waals surface area contributed by atoms with E-state index in [1.807, 2.05) is 36.4 Å². The first-order valence-electron chi connectivity index (χ1n) is 9.06. The van der Waals surface area contributed by atoms with Crippen LogP contribution in [0.15, 0.2) is 78.1 Å². The third-order valence-corrected chi connectivity index (χ3v) is 5.82. The van der Waals surface area contributed by atoms with Crippen molar-refractivity contribution >= 4 is 43.3 Å². The summed E-state index contributed by atoms with van der Waals surface area (Å²) in [6.07, 6.45) is 3.28. The normalized spacial score (nSPS) is 11.8. The second kappa shape index (κ2) is 6.90. The molecule has 5 rings (SSSR count). The van der Waals surface area contributed by atoms with Gasteiger partial charge in [0, 0.05) is 10.8 Å². The Kier molecular flexibility index (Phi) is 4.19. The minimum absolute atomic E-state index is 0.0749. The zero-order chi connectivity index (χ0) is 20.7. The molecule has 9 heteroatoms. The molecule has 0 fully saturated rings. The van der Waals surface area contributed by atoms with Gasteiger partial charge in [-0.2, -0.15) is 5.10 Å². The third-order valence-electron chi connectivity index (χ3n) is 4.89. The molecule has 30 heavy (non-hydrogen) atoms. The van der Waals surface area contributed by atoms with Crippen LogP contribution in [0.2, 0.25) is 0 Å². The van der Waals surface area contributed by atoms with Crippen molar-refractivity contribution in [3.05, 3.63) is 73.2 Å². The smallest absolute Gasteiger partial charge is 0.238 e. The summed E-state index contributed by atoms with van der Waals surface area (Å²) < 4.78 is 23.0. The number of aromatic amines is 1. The topological polar surface area (TPSA) is 127 Å². The van der Waals surface area contributed by atoms with E-state index in [-0.39, 0.29) is 4.90 Å². The molecule has 0 amide bonds. The molecule has 0 aliphatic rings. The Morgan fingerprint density at radius 2 is 1.70 bits per heavy atom. The van der Waals surface area contributed by atoms with Crippen molar-refractivity contribution in [2.24, 2.45) is 5.14 Å². The molecule has 2 heterocycles. The lowest BCUT2D eigenvalue weighted by Gasteiger charge is -2.11. The first kappa shape index (κ1) is 18.2. The molecule has 2 aromatic heterocycles. The van der Waals surface area contributed by atoms with Gasteiger partial charge in [-0.3, -0.25) is 5.10 Å². The number of aromatic nitrogens is 4. The maximum absolute atomic E-state index is 11.5. The molecule has 4 N–H and O–H groups in total. The van der Waals surface area contributed by atoms with Crippen LogP contribution in [0.1, 0.15) is 0 Å². The monoisotopic (exact) mass is 416 g/mol. The van der Waals surface area contributed by atoms with Crippen LogP contribution in [0, 0.1) is 0 Å². The van der Waals surface area contributed by atoms with Crippen molar-refractivity contribution in [2.45, 2.75) is 4.90 Å². The Morgan fingerprint density at radius 3 is 2.50 bits per heavy atom. The van der Waals surface area contributed by atoms with E-state index in [0.717, 1.165) is 38.6 Å². The fourth-order valence-corrected chi connectivity index (χ4v) is 3.89. The summed E-state index contributed by atoms with van der Waals surface area (Å²) in [6, 6.07) is 18.1. The van der Waals surface area contributed by atoms with Crippen LogP contribution in [0.3, 0.4) is 0 Å². The van der Waals surface area contributed by atoms with Gasteiger partial charge in [0.2, 0.25) is 10.0 Å². The van der Waals surface area contributed by atoms with E-state index in [1.165, 1.54) is 18.5 Å². The SMILES string of the molecule is NS(=O)(=O)c1ccc(-c2ccc3ncnc(Nc4cccc5[nH]ncc45)c3c2)cc1. The lowest BCUT2D eigenvalue weighted by atomic mass is 10.0. The van der Waals surface area contributed by atoms with Crippen LogP contribution in [-0.4, -0.2) is 28.6 Å². The van der Waals surface area contributed by atoms with E-state index in [1.54, 1.807) is 18.3 Å². The predicted octanol–water partition coefficient (Wildman–Crippen LogP) is 3.56. The molecule has 0 radical (unpaired) electrons. The summed E-state index contributed by atoms with van der Waals surface area (Å²) in [5.41, 5.74) is 4.36. The number of anilines is 2. The number of H-pyrrole nitrogens is 1. The van der Waals surface area contributed by atoms with E-state index >= 15 is 0 Å². The van der Waals surface area contributed by atoms with E-state index in [0.29, 0.717) is 5.82 Å². The summed E-state index contributed by atoms with van der Waals surface area (Å²) in [5, 5.41) is 17.4. The van der Waals surface area contributed by atoms with Crippen molar-refractivity contribution < 1.29 is 8.42 Å². The Morgan fingerprint density at radius 1 is 0.900 bits per heavy atom. The molecule has 0 aliphatic carbocycles. The molecule has 0 unspecified atom stereocenters. The molecule has 3 aromatic carbocycles. The van der Waals surface area contributed by atoms with Crippen LogP contribution >= 0.6 is 0 Å². The zero-order valence-electron chi connectivity index (χ0n) is 15.6. The molecule has 0 bridgehead atoms. The lowest BCUT2D eigenvalue weighted by molar-refractivity contribution is 0.598. The Labute approximate surface area is 171 Å². The van der Waals surface area contributed by atoms with E-state index in [2.05, 4.69) is 25.5 Å². The number of primary sulfonamides is 1. The minimum Gasteiger partial charge on any atom is -0.339 e. The van der Waals surface area contributed by atoms with Gasteiger partial charge in [0.1, 0.15) is 12.1 Å². The highest BCUT2D eigenvalue weighted by molar-refractivity contribution is 7.89. The molecule has 0 atom stereocenters. The van der Waals surface area contributed by atoms with Gasteiger partial charge in [-0.1, -0.05) is 24.3 Å². The number of nitrogens with two attached hydrogens (primary N) is 1. The Balaban J connectivity index is 1.58. The number of rotatable bonds is 4. The summed E-state index contributed by atoms with van der Waals surface area (Å²) in [7, 11) is -3.73. The number of fused-ring (bicyclic) bond motifs is 2.